The summed E-state index contributed by atoms with van der Waals surface area (Å²) in [5, 5.41) is 10.6. The lowest BCUT2D eigenvalue weighted by atomic mass is 9.75. The highest BCUT2D eigenvalue weighted by molar-refractivity contribution is 5.97. The second kappa shape index (κ2) is 8.29. The first-order valence-corrected chi connectivity index (χ1v) is 11.7. The molecule has 1 N–H and O–H groups in total. The van der Waals surface area contributed by atoms with Crippen LogP contribution in [0.15, 0.2) is 48.5 Å². The molecule has 3 aliphatic rings. The number of nitrogens with zero attached hydrogens (tertiary/aromatic N) is 3. The maximum absolute atomic E-state index is 13.2. The normalized spacial score (nSPS) is 23.8. The summed E-state index contributed by atoms with van der Waals surface area (Å²) in [7, 11) is 2.17. The predicted octanol–water partition coefficient (Wildman–Crippen LogP) is 3.41. The zero-order valence-electron chi connectivity index (χ0n) is 18.5. The van der Waals surface area contributed by atoms with Gasteiger partial charge in [0.05, 0.1) is 5.60 Å². The van der Waals surface area contributed by atoms with Crippen LogP contribution in [0.4, 0.5) is 11.4 Å². The van der Waals surface area contributed by atoms with Crippen LogP contribution < -0.4 is 9.80 Å². The molecule has 0 spiro atoms. The number of carbonyl (C=O) groups is 1. The Morgan fingerprint density at radius 2 is 1.68 bits per heavy atom. The van der Waals surface area contributed by atoms with Crippen molar-refractivity contribution in [2.75, 3.05) is 49.6 Å². The van der Waals surface area contributed by atoms with E-state index < -0.39 is 5.60 Å². The molecular weight excluding hydrogens is 386 g/mol. The molecule has 5 heteroatoms. The summed E-state index contributed by atoms with van der Waals surface area (Å²) < 4.78 is 0. The number of hydrogen-bond donors (Lipinski definition) is 1. The summed E-state index contributed by atoms with van der Waals surface area (Å²) in [6.07, 6.45) is 4.45. The van der Waals surface area contributed by atoms with Crippen molar-refractivity contribution in [2.45, 2.75) is 37.7 Å². The summed E-state index contributed by atoms with van der Waals surface area (Å²) in [5.41, 5.74) is 3.86. The van der Waals surface area contributed by atoms with Crippen LogP contribution in [0.1, 0.15) is 36.8 Å². The van der Waals surface area contributed by atoms with Gasteiger partial charge in [-0.25, -0.2) is 0 Å². The van der Waals surface area contributed by atoms with Crippen molar-refractivity contribution in [3.8, 4) is 0 Å². The van der Waals surface area contributed by atoms with Gasteiger partial charge in [-0.3, -0.25) is 4.79 Å². The molecule has 2 aromatic carbocycles. The maximum atomic E-state index is 13.2. The standard InChI is InChI=1S/C26H33N3O2/c1-27-15-17-28(18-16-27)24-6-3-2-5-20(24)19-21-11-14-29(25(21)30)23-9-7-22(8-10-23)26(31)12-4-13-26/h2-3,5-10,21,31H,4,11-19H2,1H3. The molecule has 1 atom stereocenters. The zero-order valence-corrected chi connectivity index (χ0v) is 18.5. The summed E-state index contributed by atoms with van der Waals surface area (Å²) in [6.45, 7) is 5.00. The van der Waals surface area contributed by atoms with Crippen LogP contribution in [0, 0.1) is 5.92 Å². The number of amides is 1. The zero-order chi connectivity index (χ0) is 21.4. The van der Waals surface area contributed by atoms with Gasteiger partial charge in [-0.2, -0.15) is 0 Å². The summed E-state index contributed by atoms with van der Waals surface area (Å²) in [6, 6.07) is 16.6. The Balaban J connectivity index is 1.28. The molecule has 0 bridgehead atoms. The van der Waals surface area contributed by atoms with Crippen molar-refractivity contribution in [3.63, 3.8) is 0 Å². The SMILES string of the molecule is CN1CCN(c2ccccc2CC2CCN(c3ccc(C4(O)CCC4)cc3)C2=O)CC1. The van der Waals surface area contributed by atoms with Crippen LogP contribution in [0.5, 0.6) is 0 Å². The topological polar surface area (TPSA) is 47.0 Å². The molecule has 5 nitrogen and oxygen atoms in total. The van der Waals surface area contributed by atoms with Gasteiger partial charge in [0.2, 0.25) is 5.91 Å². The molecule has 2 aromatic rings. The number of likely N-dealkylation sites (N-methyl/N-ethyl adjacent to an activating group) is 1. The van der Waals surface area contributed by atoms with Crippen molar-refractivity contribution < 1.29 is 9.90 Å². The average molecular weight is 420 g/mol. The van der Waals surface area contributed by atoms with E-state index in [1.54, 1.807) is 0 Å². The summed E-state index contributed by atoms with van der Waals surface area (Å²) in [5.74, 6) is 0.257. The molecule has 1 saturated carbocycles. The second-order valence-corrected chi connectivity index (χ2v) is 9.53. The highest BCUT2D eigenvalue weighted by Gasteiger charge is 2.37. The van der Waals surface area contributed by atoms with E-state index in [0.717, 1.165) is 76.1 Å². The molecule has 1 amide bonds. The largest absolute Gasteiger partial charge is 0.385 e. The van der Waals surface area contributed by atoms with Crippen LogP contribution in [-0.4, -0.2) is 55.7 Å². The van der Waals surface area contributed by atoms with Gasteiger partial charge < -0.3 is 19.8 Å². The molecule has 0 aromatic heterocycles. The van der Waals surface area contributed by atoms with E-state index in [-0.39, 0.29) is 11.8 Å². The fourth-order valence-electron chi connectivity index (χ4n) is 5.24. The Kier molecular flexibility index (Phi) is 5.49. The van der Waals surface area contributed by atoms with Crippen molar-refractivity contribution >= 4 is 17.3 Å². The van der Waals surface area contributed by atoms with Crippen LogP contribution >= 0.6 is 0 Å². The van der Waals surface area contributed by atoms with Crippen LogP contribution in [-0.2, 0) is 16.8 Å². The van der Waals surface area contributed by atoms with Gasteiger partial charge in [0.25, 0.3) is 0 Å². The van der Waals surface area contributed by atoms with Crippen LogP contribution in [0.25, 0.3) is 0 Å². The van der Waals surface area contributed by atoms with E-state index in [0.29, 0.717) is 0 Å². The minimum absolute atomic E-state index is 0.0316. The van der Waals surface area contributed by atoms with Gasteiger partial charge in [0, 0.05) is 50.0 Å². The predicted molar refractivity (Wildman–Crippen MR) is 125 cm³/mol. The Hall–Kier alpha value is -2.37. The molecule has 2 saturated heterocycles. The van der Waals surface area contributed by atoms with Crippen molar-refractivity contribution in [1.29, 1.82) is 0 Å². The third-order valence-corrected chi connectivity index (χ3v) is 7.52. The Bertz CT molecular complexity index is 930. The quantitative estimate of drug-likeness (QED) is 0.807. The van der Waals surface area contributed by atoms with E-state index in [2.05, 4.69) is 41.1 Å². The second-order valence-electron chi connectivity index (χ2n) is 9.53. The molecule has 2 heterocycles. The van der Waals surface area contributed by atoms with Gasteiger partial charge in [-0.15, -0.1) is 0 Å². The number of rotatable bonds is 5. The fourth-order valence-corrected chi connectivity index (χ4v) is 5.24. The van der Waals surface area contributed by atoms with Gasteiger partial charge in [-0.1, -0.05) is 30.3 Å². The third kappa shape index (κ3) is 3.97. The van der Waals surface area contributed by atoms with Gasteiger partial charge in [0.15, 0.2) is 0 Å². The molecule has 3 fully saturated rings. The Morgan fingerprint density at radius 3 is 2.35 bits per heavy atom. The number of aliphatic hydroxyl groups is 1. The molecule has 2 aliphatic heterocycles. The van der Waals surface area contributed by atoms with Crippen LogP contribution in [0.2, 0.25) is 0 Å². The highest BCUT2D eigenvalue weighted by Crippen LogP contribution is 2.41. The molecular formula is C26H33N3O2. The summed E-state index contributed by atoms with van der Waals surface area (Å²) >= 11 is 0. The maximum Gasteiger partial charge on any atom is 0.230 e. The van der Waals surface area contributed by atoms with E-state index in [1.165, 1.54) is 11.3 Å². The Morgan fingerprint density at radius 1 is 0.968 bits per heavy atom. The van der Waals surface area contributed by atoms with E-state index in [1.807, 2.05) is 29.2 Å². The van der Waals surface area contributed by atoms with Crippen molar-refractivity contribution in [1.82, 2.24) is 4.90 Å². The lowest BCUT2D eigenvalue weighted by Gasteiger charge is -2.37. The number of anilines is 2. The van der Waals surface area contributed by atoms with E-state index >= 15 is 0 Å². The molecule has 0 radical (unpaired) electrons. The molecule has 5 rings (SSSR count). The first-order valence-electron chi connectivity index (χ1n) is 11.7. The van der Waals surface area contributed by atoms with Crippen molar-refractivity contribution in [2.24, 2.45) is 5.92 Å². The van der Waals surface area contributed by atoms with Crippen LogP contribution in [0.3, 0.4) is 0 Å². The Labute approximate surface area is 185 Å². The van der Waals surface area contributed by atoms with Gasteiger partial charge in [0.1, 0.15) is 0 Å². The lowest BCUT2D eigenvalue weighted by molar-refractivity contribution is -0.120. The molecule has 1 unspecified atom stereocenters. The smallest absolute Gasteiger partial charge is 0.230 e. The first kappa shape index (κ1) is 20.5. The molecule has 31 heavy (non-hydrogen) atoms. The van der Waals surface area contributed by atoms with E-state index in [4.69, 9.17) is 0 Å². The van der Waals surface area contributed by atoms with E-state index in [9.17, 15) is 9.90 Å². The number of hydrogen-bond acceptors (Lipinski definition) is 4. The molecule has 1 aliphatic carbocycles. The number of benzene rings is 2. The number of para-hydroxylation sites is 1. The fraction of sp³-hybridized carbons (Fsp3) is 0.500. The lowest BCUT2D eigenvalue weighted by Crippen LogP contribution is -2.44. The summed E-state index contributed by atoms with van der Waals surface area (Å²) in [4.78, 5) is 20.0. The van der Waals surface area contributed by atoms with Gasteiger partial charge in [-0.05, 0) is 68.5 Å². The average Bonchev–Trinajstić information content (AvgIpc) is 3.13. The molecule has 164 valence electrons. The minimum Gasteiger partial charge on any atom is -0.385 e. The number of carbonyl (C=O) groups excluding carboxylic acids is 1. The number of piperazine rings is 1. The minimum atomic E-state index is -0.650. The monoisotopic (exact) mass is 419 g/mol. The van der Waals surface area contributed by atoms with Gasteiger partial charge >= 0.3 is 0 Å². The van der Waals surface area contributed by atoms with Crippen molar-refractivity contribution in [3.05, 3.63) is 59.7 Å². The highest BCUT2D eigenvalue weighted by atomic mass is 16.3. The third-order valence-electron chi connectivity index (χ3n) is 7.52. The first-order chi connectivity index (χ1) is 15.0.